The van der Waals surface area contributed by atoms with Crippen molar-refractivity contribution in [1.29, 1.82) is 0 Å². The van der Waals surface area contributed by atoms with Crippen molar-refractivity contribution in [2.75, 3.05) is 13.1 Å². The van der Waals surface area contributed by atoms with Crippen molar-refractivity contribution in [3.05, 3.63) is 30.1 Å². The summed E-state index contributed by atoms with van der Waals surface area (Å²) in [4.78, 5) is 6.75. The molecule has 2 atom stereocenters. The molecule has 3 nitrogen and oxygen atoms in total. The Hall–Kier alpha value is -0.930. The van der Waals surface area contributed by atoms with E-state index in [1.807, 2.05) is 18.5 Å². The highest BCUT2D eigenvalue weighted by Crippen LogP contribution is 2.32. The van der Waals surface area contributed by atoms with Crippen LogP contribution in [0.4, 0.5) is 0 Å². The molecule has 1 aromatic heterocycles. The van der Waals surface area contributed by atoms with Gasteiger partial charge in [-0.05, 0) is 49.9 Å². The average Bonchev–Trinajstić information content (AvgIpc) is 2.36. The van der Waals surface area contributed by atoms with Crippen LogP contribution in [-0.4, -0.2) is 35.1 Å². The number of hydrogen-bond donors (Lipinski definition) is 1. The van der Waals surface area contributed by atoms with E-state index in [1.54, 1.807) is 0 Å². The van der Waals surface area contributed by atoms with Crippen molar-refractivity contribution in [1.82, 2.24) is 9.88 Å². The molecule has 2 bridgehead atoms. The second-order valence-corrected chi connectivity index (χ2v) is 5.08. The van der Waals surface area contributed by atoms with E-state index in [1.165, 1.54) is 31.5 Å². The molecule has 2 N–H and O–H groups in total. The zero-order valence-corrected chi connectivity index (χ0v) is 9.55. The van der Waals surface area contributed by atoms with Crippen molar-refractivity contribution >= 4 is 0 Å². The zero-order chi connectivity index (χ0) is 11.0. The summed E-state index contributed by atoms with van der Waals surface area (Å²) in [5.41, 5.74) is 7.67. The number of hydrogen-bond acceptors (Lipinski definition) is 3. The van der Waals surface area contributed by atoms with Gasteiger partial charge in [-0.2, -0.15) is 0 Å². The minimum Gasteiger partial charge on any atom is -0.326 e. The number of nitrogens with two attached hydrogens (primary N) is 1. The lowest BCUT2D eigenvalue weighted by molar-refractivity contribution is 0.0287. The van der Waals surface area contributed by atoms with Crippen molar-refractivity contribution < 1.29 is 0 Å². The molecule has 3 aliphatic heterocycles. The molecule has 0 aromatic carbocycles. The number of aromatic nitrogens is 1. The fourth-order valence-electron chi connectivity index (χ4n) is 3.22. The minimum absolute atomic E-state index is 0.364. The molecule has 0 aliphatic carbocycles. The summed E-state index contributed by atoms with van der Waals surface area (Å²) in [6.45, 7) is 2.48. The first-order valence-corrected chi connectivity index (χ1v) is 6.23. The number of pyridine rings is 1. The maximum Gasteiger partial charge on any atom is 0.0300 e. The highest BCUT2D eigenvalue weighted by Gasteiger charge is 2.39. The van der Waals surface area contributed by atoms with Gasteiger partial charge in [0.25, 0.3) is 0 Å². The van der Waals surface area contributed by atoms with Gasteiger partial charge in [0.15, 0.2) is 0 Å². The van der Waals surface area contributed by atoms with Crippen molar-refractivity contribution in [2.45, 2.75) is 31.3 Å². The van der Waals surface area contributed by atoms with Crippen LogP contribution in [-0.2, 0) is 6.42 Å². The van der Waals surface area contributed by atoms with Crippen molar-refractivity contribution in [2.24, 2.45) is 11.7 Å². The molecule has 1 aromatic rings. The second kappa shape index (κ2) is 4.15. The summed E-state index contributed by atoms with van der Waals surface area (Å²) < 4.78 is 0. The Labute approximate surface area is 96.7 Å². The van der Waals surface area contributed by atoms with Crippen LogP contribution in [0.5, 0.6) is 0 Å². The van der Waals surface area contributed by atoms with E-state index in [-0.39, 0.29) is 0 Å². The third-order valence-corrected chi connectivity index (χ3v) is 4.20. The first-order valence-electron chi connectivity index (χ1n) is 6.23. The highest BCUT2D eigenvalue weighted by molar-refractivity contribution is 5.13. The Balaban J connectivity index is 1.75. The van der Waals surface area contributed by atoms with Gasteiger partial charge < -0.3 is 5.73 Å². The summed E-state index contributed by atoms with van der Waals surface area (Å²) in [7, 11) is 0. The summed E-state index contributed by atoms with van der Waals surface area (Å²) in [6.07, 6.45) is 7.45. The Morgan fingerprint density at radius 2 is 2.19 bits per heavy atom. The average molecular weight is 217 g/mol. The van der Waals surface area contributed by atoms with E-state index in [0.717, 1.165) is 12.3 Å². The normalized spacial score (nSPS) is 37.6. The fraction of sp³-hybridized carbons (Fsp3) is 0.615. The van der Waals surface area contributed by atoms with Crippen molar-refractivity contribution in [3.8, 4) is 0 Å². The quantitative estimate of drug-likeness (QED) is 0.805. The highest BCUT2D eigenvalue weighted by atomic mass is 15.2. The van der Waals surface area contributed by atoms with Gasteiger partial charge in [-0.3, -0.25) is 9.88 Å². The maximum absolute atomic E-state index is 6.35. The summed E-state index contributed by atoms with van der Waals surface area (Å²) in [5.74, 6) is 0.756. The topological polar surface area (TPSA) is 42.1 Å². The molecule has 0 spiro atoms. The Kier molecular flexibility index (Phi) is 2.65. The van der Waals surface area contributed by atoms with Crippen LogP contribution in [0.25, 0.3) is 0 Å². The van der Waals surface area contributed by atoms with Gasteiger partial charge in [0.05, 0.1) is 0 Å². The largest absolute Gasteiger partial charge is 0.326 e. The van der Waals surface area contributed by atoms with Gasteiger partial charge in [0.2, 0.25) is 0 Å². The monoisotopic (exact) mass is 217 g/mol. The molecule has 3 fully saturated rings. The Morgan fingerprint density at radius 1 is 1.38 bits per heavy atom. The predicted molar refractivity (Wildman–Crippen MR) is 64.0 cm³/mol. The maximum atomic E-state index is 6.35. The smallest absolute Gasteiger partial charge is 0.0300 e. The van der Waals surface area contributed by atoms with Gasteiger partial charge in [0, 0.05) is 24.5 Å². The first kappa shape index (κ1) is 10.2. The number of piperidine rings is 3. The lowest BCUT2D eigenvalue weighted by Crippen LogP contribution is -2.61. The molecule has 3 aliphatic rings. The van der Waals surface area contributed by atoms with Gasteiger partial charge in [-0.25, -0.2) is 0 Å². The second-order valence-electron chi connectivity index (χ2n) is 5.08. The number of rotatable bonds is 2. The molecular formula is C13H19N3. The van der Waals surface area contributed by atoms with Crippen LogP contribution in [0.3, 0.4) is 0 Å². The minimum atomic E-state index is 0.364. The summed E-state index contributed by atoms with van der Waals surface area (Å²) in [6, 6.07) is 5.07. The molecule has 16 heavy (non-hydrogen) atoms. The first-order chi connectivity index (χ1) is 7.84. The third kappa shape index (κ3) is 1.74. The third-order valence-electron chi connectivity index (χ3n) is 4.20. The number of nitrogens with zero attached hydrogens (tertiary/aromatic N) is 2. The number of fused-ring (bicyclic) bond motifs is 3. The molecule has 4 heterocycles. The molecule has 86 valence electrons. The van der Waals surface area contributed by atoms with E-state index >= 15 is 0 Å². The van der Waals surface area contributed by atoms with E-state index < -0.39 is 0 Å². The molecule has 3 heteroatoms. The van der Waals surface area contributed by atoms with Crippen LogP contribution in [0.2, 0.25) is 0 Å². The van der Waals surface area contributed by atoms with Crippen LogP contribution >= 0.6 is 0 Å². The SMILES string of the molecule is N[C@H]1C2CCN(CC2)[C@H]1Cc1cccnc1. The molecular weight excluding hydrogens is 198 g/mol. The molecule has 3 saturated heterocycles. The Morgan fingerprint density at radius 3 is 2.81 bits per heavy atom. The van der Waals surface area contributed by atoms with Gasteiger partial charge >= 0.3 is 0 Å². The standard InChI is InChI=1S/C13H19N3/c14-13-11-3-6-16(7-4-11)12(13)8-10-2-1-5-15-9-10/h1-2,5,9,11-13H,3-4,6-8,14H2/t12-,13-/m0/s1. The van der Waals surface area contributed by atoms with Crippen LogP contribution < -0.4 is 5.73 Å². The molecule has 0 unspecified atom stereocenters. The fourth-order valence-corrected chi connectivity index (χ4v) is 3.22. The predicted octanol–water partition coefficient (Wildman–Crippen LogP) is 1.05. The van der Waals surface area contributed by atoms with Crippen molar-refractivity contribution in [3.63, 3.8) is 0 Å². The summed E-state index contributed by atoms with van der Waals surface area (Å²) in [5, 5.41) is 0. The molecule has 4 rings (SSSR count). The lowest BCUT2D eigenvalue weighted by atomic mass is 9.77. The molecule has 0 radical (unpaired) electrons. The van der Waals surface area contributed by atoms with Gasteiger partial charge in [-0.1, -0.05) is 6.07 Å². The zero-order valence-electron chi connectivity index (χ0n) is 9.55. The van der Waals surface area contributed by atoms with E-state index in [0.29, 0.717) is 12.1 Å². The van der Waals surface area contributed by atoms with Crippen LogP contribution in [0.15, 0.2) is 24.5 Å². The van der Waals surface area contributed by atoms with Gasteiger partial charge in [-0.15, -0.1) is 0 Å². The van der Waals surface area contributed by atoms with Crippen LogP contribution in [0, 0.1) is 5.92 Å². The van der Waals surface area contributed by atoms with Gasteiger partial charge in [0.1, 0.15) is 0 Å². The van der Waals surface area contributed by atoms with E-state index in [9.17, 15) is 0 Å². The lowest BCUT2D eigenvalue weighted by Gasteiger charge is -2.49. The van der Waals surface area contributed by atoms with E-state index in [2.05, 4.69) is 16.0 Å². The summed E-state index contributed by atoms with van der Waals surface area (Å²) >= 11 is 0. The van der Waals surface area contributed by atoms with Crippen LogP contribution in [0.1, 0.15) is 18.4 Å². The molecule has 0 amide bonds. The molecule has 0 saturated carbocycles. The Bertz CT molecular complexity index is 341. The van der Waals surface area contributed by atoms with E-state index in [4.69, 9.17) is 5.73 Å².